The minimum Gasteiger partial charge on any atom is -0.298 e. The average Bonchev–Trinajstić information content (AvgIpc) is 2.15. The summed E-state index contributed by atoms with van der Waals surface area (Å²) in [5.41, 5.74) is 0. The molecule has 0 aromatic carbocycles. The smallest absolute Gasteiger partial charge is 0.298 e. The Labute approximate surface area is 79.3 Å². The standard InChI is InChI=1S/C10H18O3/c1-8(2)12-13-10(11)9-6-4-3-5-7-9/h8-9H,3-7H2,1-2H3. The summed E-state index contributed by atoms with van der Waals surface area (Å²) in [5.74, 6) is -0.110. The summed E-state index contributed by atoms with van der Waals surface area (Å²) in [6, 6.07) is 0. The van der Waals surface area contributed by atoms with Gasteiger partial charge in [-0.3, -0.25) is 4.89 Å². The molecule has 0 spiro atoms. The molecule has 0 unspecified atom stereocenters. The zero-order valence-electron chi connectivity index (χ0n) is 8.41. The highest BCUT2D eigenvalue weighted by Crippen LogP contribution is 2.24. The number of hydrogen-bond acceptors (Lipinski definition) is 3. The predicted molar refractivity (Wildman–Crippen MR) is 48.9 cm³/mol. The first-order valence-electron chi connectivity index (χ1n) is 5.07. The molecular weight excluding hydrogens is 168 g/mol. The van der Waals surface area contributed by atoms with Crippen LogP contribution < -0.4 is 0 Å². The van der Waals surface area contributed by atoms with E-state index in [1.807, 2.05) is 13.8 Å². The Hall–Kier alpha value is -0.570. The monoisotopic (exact) mass is 186 g/mol. The van der Waals surface area contributed by atoms with Gasteiger partial charge in [-0.2, -0.15) is 4.89 Å². The van der Waals surface area contributed by atoms with Crippen molar-refractivity contribution in [3.05, 3.63) is 0 Å². The van der Waals surface area contributed by atoms with Gasteiger partial charge in [0.05, 0.1) is 12.0 Å². The van der Waals surface area contributed by atoms with Crippen molar-refractivity contribution >= 4 is 5.97 Å². The molecule has 0 aliphatic heterocycles. The Balaban J connectivity index is 2.21. The molecular formula is C10H18O3. The van der Waals surface area contributed by atoms with E-state index < -0.39 is 0 Å². The van der Waals surface area contributed by atoms with Crippen molar-refractivity contribution < 1.29 is 14.6 Å². The van der Waals surface area contributed by atoms with Crippen LogP contribution in [0.3, 0.4) is 0 Å². The van der Waals surface area contributed by atoms with Gasteiger partial charge in [-0.05, 0) is 26.7 Å². The third-order valence-electron chi connectivity index (χ3n) is 2.26. The van der Waals surface area contributed by atoms with Crippen LogP contribution in [0.1, 0.15) is 46.0 Å². The van der Waals surface area contributed by atoms with E-state index in [0.717, 1.165) is 25.7 Å². The topological polar surface area (TPSA) is 35.5 Å². The molecule has 0 amide bonds. The van der Waals surface area contributed by atoms with Gasteiger partial charge in [0.1, 0.15) is 0 Å². The lowest BCUT2D eigenvalue weighted by atomic mass is 9.89. The van der Waals surface area contributed by atoms with Crippen molar-refractivity contribution in [2.75, 3.05) is 0 Å². The highest BCUT2D eigenvalue weighted by Gasteiger charge is 2.23. The largest absolute Gasteiger partial charge is 0.345 e. The van der Waals surface area contributed by atoms with Crippen molar-refractivity contribution in [2.45, 2.75) is 52.1 Å². The van der Waals surface area contributed by atoms with E-state index in [2.05, 4.69) is 0 Å². The first-order valence-corrected chi connectivity index (χ1v) is 5.07. The Kier molecular flexibility index (Phi) is 4.22. The van der Waals surface area contributed by atoms with E-state index >= 15 is 0 Å². The van der Waals surface area contributed by atoms with Gasteiger partial charge in [0.25, 0.3) is 0 Å². The summed E-state index contributed by atoms with van der Waals surface area (Å²) in [5, 5.41) is 0. The van der Waals surface area contributed by atoms with Gasteiger partial charge in [-0.25, -0.2) is 4.79 Å². The van der Waals surface area contributed by atoms with Gasteiger partial charge in [0.2, 0.25) is 0 Å². The summed E-state index contributed by atoms with van der Waals surface area (Å²) in [6.45, 7) is 3.68. The zero-order valence-corrected chi connectivity index (χ0v) is 8.41. The lowest BCUT2D eigenvalue weighted by molar-refractivity contribution is -0.295. The normalized spacial score (nSPS) is 19.0. The number of carbonyl (C=O) groups is 1. The van der Waals surface area contributed by atoms with Gasteiger partial charge in [-0.15, -0.1) is 0 Å². The zero-order chi connectivity index (χ0) is 9.68. The van der Waals surface area contributed by atoms with Crippen molar-refractivity contribution in [1.82, 2.24) is 0 Å². The maximum atomic E-state index is 11.4. The summed E-state index contributed by atoms with van der Waals surface area (Å²) in [7, 11) is 0. The van der Waals surface area contributed by atoms with E-state index in [-0.39, 0.29) is 18.0 Å². The van der Waals surface area contributed by atoms with E-state index in [4.69, 9.17) is 9.78 Å². The quantitative estimate of drug-likeness (QED) is 0.501. The van der Waals surface area contributed by atoms with Crippen LogP contribution in [0.4, 0.5) is 0 Å². The molecule has 1 rings (SSSR count). The molecule has 0 aromatic heterocycles. The molecule has 13 heavy (non-hydrogen) atoms. The summed E-state index contributed by atoms with van der Waals surface area (Å²) < 4.78 is 0. The van der Waals surface area contributed by atoms with Gasteiger partial charge in [0, 0.05) is 0 Å². The van der Waals surface area contributed by atoms with E-state index in [0.29, 0.717) is 0 Å². The van der Waals surface area contributed by atoms with Crippen LogP contribution in [0.25, 0.3) is 0 Å². The van der Waals surface area contributed by atoms with Crippen LogP contribution in [0.15, 0.2) is 0 Å². The van der Waals surface area contributed by atoms with Gasteiger partial charge in [0.15, 0.2) is 0 Å². The fourth-order valence-electron chi connectivity index (χ4n) is 1.55. The number of rotatable bonds is 3. The minimum absolute atomic E-state index is 0.0486. The molecule has 0 aromatic rings. The molecule has 0 atom stereocenters. The molecule has 3 heteroatoms. The summed E-state index contributed by atoms with van der Waals surface area (Å²) >= 11 is 0. The van der Waals surface area contributed by atoms with E-state index in [1.165, 1.54) is 6.42 Å². The molecule has 0 N–H and O–H groups in total. The predicted octanol–water partition coefficient (Wildman–Crippen LogP) is 2.45. The fourth-order valence-corrected chi connectivity index (χ4v) is 1.55. The van der Waals surface area contributed by atoms with E-state index in [9.17, 15) is 4.79 Å². The molecule has 3 nitrogen and oxygen atoms in total. The molecule has 0 heterocycles. The fraction of sp³-hybridized carbons (Fsp3) is 0.900. The second-order valence-electron chi connectivity index (χ2n) is 3.88. The second kappa shape index (κ2) is 5.22. The van der Waals surface area contributed by atoms with Crippen LogP contribution in [0.2, 0.25) is 0 Å². The third kappa shape index (κ3) is 3.77. The van der Waals surface area contributed by atoms with Crippen LogP contribution >= 0.6 is 0 Å². The lowest BCUT2D eigenvalue weighted by Gasteiger charge is -2.19. The molecule has 0 radical (unpaired) electrons. The maximum absolute atomic E-state index is 11.4. The van der Waals surface area contributed by atoms with Crippen LogP contribution in [0.5, 0.6) is 0 Å². The summed E-state index contributed by atoms with van der Waals surface area (Å²) in [4.78, 5) is 20.9. The highest BCUT2D eigenvalue weighted by atomic mass is 17.2. The molecule has 0 saturated heterocycles. The van der Waals surface area contributed by atoms with Gasteiger partial charge < -0.3 is 0 Å². The van der Waals surface area contributed by atoms with Crippen LogP contribution in [-0.2, 0) is 14.6 Å². The van der Waals surface area contributed by atoms with Crippen molar-refractivity contribution in [3.8, 4) is 0 Å². The Morgan fingerprint density at radius 1 is 1.23 bits per heavy atom. The van der Waals surface area contributed by atoms with Gasteiger partial charge >= 0.3 is 5.97 Å². The summed E-state index contributed by atoms with van der Waals surface area (Å²) in [6.07, 6.45) is 5.39. The average molecular weight is 186 g/mol. The number of hydrogen-bond donors (Lipinski definition) is 0. The molecule has 1 saturated carbocycles. The molecule has 1 fully saturated rings. The first-order chi connectivity index (χ1) is 6.20. The highest BCUT2D eigenvalue weighted by molar-refractivity contribution is 5.71. The number of carbonyl (C=O) groups excluding carboxylic acids is 1. The van der Waals surface area contributed by atoms with Crippen LogP contribution in [-0.4, -0.2) is 12.1 Å². The maximum Gasteiger partial charge on any atom is 0.345 e. The molecule has 1 aliphatic rings. The lowest BCUT2D eigenvalue weighted by Crippen LogP contribution is -2.21. The molecule has 1 aliphatic carbocycles. The first kappa shape index (κ1) is 10.5. The Morgan fingerprint density at radius 3 is 2.38 bits per heavy atom. The Morgan fingerprint density at radius 2 is 1.85 bits per heavy atom. The van der Waals surface area contributed by atoms with E-state index in [1.54, 1.807) is 0 Å². The Bertz CT molecular complexity index is 160. The van der Waals surface area contributed by atoms with Gasteiger partial charge in [-0.1, -0.05) is 19.3 Å². The van der Waals surface area contributed by atoms with Crippen molar-refractivity contribution in [1.29, 1.82) is 0 Å². The second-order valence-corrected chi connectivity index (χ2v) is 3.88. The minimum atomic E-state index is -0.187. The van der Waals surface area contributed by atoms with Crippen molar-refractivity contribution in [3.63, 3.8) is 0 Å². The SMILES string of the molecule is CC(C)OOC(=O)C1CCCCC1. The van der Waals surface area contributed by atoms with Crippen LogP contribution in [0, 0.1) is 5.92 Å². The third-order valence-corrected chi connectivity index (χ3v) is 2.26. The molecule has 76 valence electrons. The molecule has 0 bridgehead atoms. The van der Waals surface area contributed by atoms with Crippen molar-refractivity contribution in [2.24, 2.45) is 5.92 Å².